The van der Waals surface area contributed by atoms with Gasteiger partial charge >= 0.3 is 0 Å². The summed E-state index contributed by atoms with van der Waals surface area (Å²) in [6, 6.07) is 13.8. The number of thiophene rings is 1. The van der Waals surface area contributed by atoms with E-state index in [0.29, 0.717) is 17.3 Å². The van der Waals surface area contributed by atoms with Gasteiger partial charge in [-0.05, 0) is 36.3 Å². The van der Waals surface area contributed by atoms with Crippen LogP contribution in [0.25, 0.3) is 11.3 Å². The van der Waals surface area contributed by atoms with Crippen LogP contribution in [0.3, 0.4) is 0 Å². The molecule has 0 aliphatic carbocycles. The molecule has 3 aromatic rings. The molecule has 0 amide bonds. The number of fused-ring (bicyclic) bond motifs is 2. The predicted molar refractivity (Wildman–Crippen MR) is 106 cm³/mol. The van der Waals surface area contributed by atoms with Crippen molar-refractivity contribution in [3.8, 4) is 11.3 Å². The van der Waals surface area contributed by atoms with E-state index in [1.165, 1.54) is 16.9 Å². The fourth-order valence-electron chi connectivity index (χ4n) is 4.47. The number of nitrogens with zero attached hydrogens (tertiary/aromatic N) is 3. The zero-order valence-corrected chi connectivity index (χ0v) is 16.5. The van der Waals surface area contributed by atoms with Crippen molar-refractivity contribution >= 4 is 21.4 Å². The summed E-state index contributed by atoms with van der Waals surface area (Å²) in [7, 11) is -3.36. The third-order valence-electron chi connectivity index (χ3n) is 5.98. The Hall–Kier alpha value is -1.96. The molecular weight excluding hydrogens is 378 g/mol. The lowest BCUT2D eigenvalue weighted by Gasteiger charge is -2.37. The largest absolute Gasteiger partial charge is 0.328 e. The lowest BCUT2D eigenvalue weighted by Crippen LogP contribution is -2.44. The number of piperidine rings is 1. The second-order valence-corrected chi connectivity index (χ2v) is 10.5. The van der Waals surface area contributed by atoms with Crippen molar-refractivity contribution in [3.63, 3.8) is 0 Å². The van der Waals surface area contributed by atoms with Gasteiger partial charge in [0.2, 0.25) is 0 Å². The highest BCUT2D eigenvalue weighted by atomic mass is 32.2. The summed E-state index contributed by atoms with van der Waals surface area (Å²) >= 11 is 1.29. The highest BCUT2D eigenvalue weighted by molar-refractivity contribution is 7.91. The van der Waals surface area contributed by atoms with Crippen LogP contribution in [0.1, 0.15) is 25.1 Å². The summed E-state index contributed by atoms with van der Waals surface area (Å²) < 4.78 is 30.0. The molecule has 140 valence electrons. The lowest BCUT2D eigenvalue weighted by atomic mass is 9.77. The van der Waals surface area contributed by atoms with Gasteiger partial charge in [0, 0.05) is 25.0 Å². The van der Waals surface area contributed by atoms with Crippen molar-refractivity contribution in [1.29, 1.82) is 0 Å². The molecule has 0 N–H and O–H groups in total. The van der Waals surface area contributed by atoms with Crippen LogP contribution in [-0.4, -0.2) is 35.4 Å². The maximum atomic E-state index is 12.8. The van der Waals surface area contributed by atoms with Crippen LogP contribution in [0.5, 0.6) is 0 Å². The molecule has 5 rings (SSSR count). The summed E-state index contributed by atoms with van der Waals surface area (Å²) in [4.78, 5) is 4.78. The standard InChI is InChI=1S/C20H21N3O2S2/c24-27(25,18-7-4-14-26-18)22-11-8-20(9-12-22)10-13-23-17(15-21-19(20)23)16-5-2-1-3-6-16/h1-7,14-15H,8-13H2. The monoisotopic (exact) mass is 399 g/mol. The molecule has 1 aromatic carbocycles. The number of aromatic nitrogens is 2. The van der Waals surface area contributed by atoms with Gasteiger partial charge in [0.1, 0.15) is 10.0 Å². The molecule has 27 heavy (non-hydrogen) atoms. The summed E-state index contributed by atoms with van der Waals surface area (Å²) in [6.07, 6.45) is 4.69. The molecule has 0 bridgehead atoms. The smallest absolute Gasteiger partial charge is 0.252 e. The number of benzene rings is 1. The molecule has 1 fully saturated rings. The lowest BCUT2D eigenvalue weighted by molar-refractivity contribution is 0.228. The minimum atomic E-state index is -3.36. The summed E-state index contributed by atoms with van der Waals surface area (Å²) in [5.41, 5.74) is 2.36. The first-order chi connectivity index (χ1) is 13.1. The Morgan fingerprint density at radius 1 is 0.963 bits per heavy atom. The van der Waals surface area contributed by atoms with Crippen LogP contribution in [0.4, 0.5) is 0 Å². The second kappa shape index (κ2) is 6.29. The number of hydrogen-bond acceptors (Lipinski definition) is 4. The number of imidazole rings is 1. The summed E-state index contributed by atoms with van der Waals surface area (Å²) in [6.45, 7) is 2.08. The van der Waals surface area contributed by atoms with Gasteiger partial charge < -0.3 is 4.57 Å². The first-order valence-electron chi connectivity index (χ1n) is 9.25. The van der Waals surface area contributed by atoms with Gasteiger partial charge in [0.05, 0.1) is 11.9 Å². The number of rotatable bonds is 3. The Kier molecular flexibility index (Phi) is 4.00. The normalized spacial score (nSPS) is 19.4. The van der Waals surface area contributed by atoms with E-state index in [1.807, 2.05) is 29.8 Å². The third kappa shape index (κ3) is 2.68. The van der Waals surface area contributed by atoms with Gasteiger partial charge in [0.25, 0.3) is 10.0 Å². The van der Waals surface area contributed by atoms with E-state index in [9.17, 15) is 8.42 Å². The van der Waals surface area contributed by atoms with Gasteiger partial charge in [-0.2, -0.15) is 4.31 Å². The van der Waals surface area contributed by atoms with Gasteiger partial charge in [-0.25, -0.2) is 13.4 Å². The van der Waals surface area contributed by atoms with Gasteiger partial charge in [-0.3, -0.25) is 0 Å². The molecule has 0 atom stereocenters. The van der Waals surface area contributed by atoms with Crippen LogP contribution >= 0.6 is 11.3 Å². The van der Waals surface area contributed by atoms with Crippen molar-refractivity contribution in [2.75, 3.05) is 13.1 Å². The maximum absolute atomic E-state index is 12.8. The molecule has 1 saturated heterocycles. The fraction of sp³-hybridized carbons (Fsp3) is 0.350. The van der Waals surface area contributed by atoms with Crippen LogP contribution in [-0.2, 0) is 22.0 Å². The summed E-state index contributed by atoms with van der Waals surface area (Å²) in [5, 5.41) is 1.82. The van der Waals surface area contributed by atoms with E-state index in [2.05, 4.69) is 16.7 Å². The Labute approximate surface area is 163 Å². The highest BCUT2D eigenvalue weighted by Crippen LogP contribution is 2.45. The molecule has 1 spiro atoms. The van der Waals surface area contributed by atoms with Crippen LogP contribution in [0.2, 0.25) is 0 Å². The fourth-order valence-corrected chi connectivity index (χ4v) is 7.05. The van der Waals surface area contributed by atoms with Crippen molar-refractivity contribution in [1.82, 2.24) is 13.9 Å². The van der Waals surface area contributed by atoms with E-state index in [1.54, 1.807) is 16.4 Å². The van der Waals surface area contributed by atoms with E-state index in [0.717, 1.165) is 37.3 Å². The van der Waals surface area contributed by atoms with E-state index < -0.39 is 10.0 Å². The van der Waals surface area contributed by atoms with E-state index >= 15 is 0 Å². The van der Waals surface area contributed by atoms with Crippen molar-refractivity contribution in [3.05, 3.63) is 59.9 Å². The molecule has 0 saturated carbocycles. The molecule has 2 aliphatic rings. The summed E-state index contributed by atoms with van der Waals surface area (Å²) in [5.74, 6) is 1.13. The highest BCUT2D eigenvalue weighted by Gasteiger charge is 2.45. The SMILES string of the molecule is O=S(=O)(c1cccs1)N1CCC2(CC1)CCn1c(-c3ccccc3)cnc12. The first-order valence-corrected chi connectivity index (χ1v) is 11.6. The second-order valence-electron chi connectivity index (χ2n) is 7.35. The Balaban J connectivity index is 1.40. The Morgan fingerprint density at radius 2 is 1.70 bits per heavy atom. The number of sulfonamides is 1. The topological polar surface area (TPSA) is 55.2 Å². The van der Waals surface area contributed by atoms with Crippen LogP contribution in [0.15, 0.2) is 58.3 Å². The minimum Gasteiger partial charge on any atom is -0.328 e. The van der Waals surface area contributed by atoms with E-state index in [-0.39, 0.29) is 5.41 Å². The first kappa shape index (κ1) is 17.2. The molecule has 2 aromatic heterocycles. The van der Waals surface area contributed by atoms with Crippen LogP contribution < -0.4 is 0 Å². The minimum absolute atomic E-state index is 0.00843. The molecule has 7 heteroatoms. The molecule has 4 heterocycles. The quantitative estimate of drug-likeness (QED) is 0.674. The third-order valence-corrected chi connectivity index (χ3v) is 9.25. The Bertz CT molecular complexity index is 1050. The van der Waals surface area contributed by atoms with Gasteiger partial charge in [-0.15, -0.1) is 11.3 Å². The van der Waals surface area contributed by atoms with Crippen molar-refractivity contribution in [2.45, 2.75) is 35.4 Å². The average molecular weight is 400 g/mol. The van der Waals surface area contributed by atoms with Crippen molar-refractivity contribution < 1.29 is 8.42 Å². The average Bonchev–Trinajstić information content (AvgIpc) is 3.42. The molecular formula is C20H21N3O2S2. The van der Waals surface area contributed by atoms with Crippen LogP contribution in [0, 0.1) is 0 Å². The molecule has 2 aliphatic heterocycles. The Morgan fingerprint density at radius 3 is 2.41 bits per heavy atom. The molecule has 0 radical (unpaired) electrons. The predicted octanol–water partition coefficient (Wildman–Crippen LogP) is 3.74. The number of hydrogen-bond donors (Lipinski definition) is 0. The van der Waals surface area contributed by atoms with Gasteiger partial charge in [0.15, 0.2) is 0 Å². The molecule has 5 nitrogen and oxygen atoms in total. The maximum Gasteiger partial charge on any atom is 0.252 e. The molecule has 0 unspecified atom stereocenters. The zero-order chi connectivity index (χ0) is 18.5. The van der Waals surface area contributed by atoms with Crippen molar-refractivity contribution in [2.24, 2.45) is 0 Å². The van der Waals surface area contributed by atoms with Gasteiger partial charge in [-0.1, -0.05) is 36.4 Å². The zero-order valence-electron chi connectivity index (χ0n) is 14.9. The van der Waals surface area contributed by atoms with E-state index in [4.69, 9.17) is 4.98 Å².